The van der Waals surface area contributed by atoms with E-state index in [9.17, 15) is 18.0 Å². The topological polar surface area (TPSA) is 30.0 Å². The zero-order valence-electron chi connectivity index (χ0n) is 10.1. The van der Waals surface area contributed by atoms with Crippen LogP contribution in [0.5, 0.6) is 0 Å². The number of carbonyl (C=O) groups excluding carboxylic acids is 1. The van der Waals surface area contributed by atoms with Gasteiger partial charge in [0.1, 0.15) is 5.69 Å². The summed E-state index contributed by atoms with van der Waals surface area (Å²) in [6.45, 7) is 0. The van der Waals surface area contributed by atoms with Crippen molar-refractivity contribution >= 4 is 17.4 Å². The highest BCUT2D eigenvalue weighted by atomic mass is 35.5. The molecule has 0 amide bonds. The fraction of sp³-hybridized carbons (Fsp3) is 0.143. The minimum Gasteiger partial charge on any atom is -0.292 e. The van der Waals surface area contributed by atoms with Crippen molar-refractivity contribution in [2.75, 3.05) is 0 Å². The first-order chi connectivity index (χ1) is 9.36. The standard InChI is InChI=1S/C14H9ClF3NO/c15-11-4-1-9(2-5-11)7-13(20)12-6-3-10(8-19-12)14(16,17)18/h1-6,8H,7H2. The van der Waals surface area contributed by atoms with Gasteiger partial charge in [0.15, 0.2) is 5.78 Å². The zero-order chi connectivity index (χ0) is 14.8. The van der Waals surface area contributed by atoms with Crippen LogP contribution in [0.15, 0.2) is 42.6 Å². The molecule has 6 heteroatoms. The van der Waals surface area contributed by atoms with Crippen LogP contribution in [0.1, 0.15) is 21.6 Å². The molecule has 2 nitrogen and oxygen atoms in total. The molecule has 2 aromatic rings. The summed E-state index contributed by atoms with van der Waals surface area (Å²) in [4.78, 5) is 15.4. The molecule has 0 aliphatic heterocycles. The molecule has 0 fully saturated rings. The van der Waals surface area contributed by atoms with Gasteiger partial charge < -0.3 is 0 Å². The Hall–Kier alpha value is -1.88. The lowest BCUT2D eigenvalue weighted by molar-refractivity contribution is -0.137. The number of carbonyl (C=O) groups is 1. The number of pyridine rings is 1. The Morgan fingerprint density at radius 3 is 2.25 bits per heavy atom. The van der Waals surface area contributed by atoms with Gasteiger partial charge in [-0.2, -0.15) is 13.2 Å². The van der Waals surface area contributed by atoms with Crippen LogP contribution in [0.3, 0.4) is 0 Å². The summed E-state index contributed by atoms with van der Waals surface area (Å²) in [6, 6.07) is 8.59. The number of ketones is 1. The Morgan fingerprint density at radius 1 is 1.10 bits per heavy atom. The Labute approximate surface area is 118 Å². The van der Waals surface area contributed by atoms with Gasteiger partial charge in [-0.15, -0.1) is 0 Å². The van der Waals surface area contributed by atoms with Crippen LogP contribution in [0, 0.1) is 0 Å². The first-order valence-electron chi connectivity index (χ1n) is 5.67. The van der Waals surface area contributed by atoms with E-state index in [4.69, 9.17) is 11.6 Å². The largest absolute Gasteiger partial charge is 0.417 e. The molecule has 0 bridgehead atoms. The third-order valence-corrected chi connectivity index (χ3v) is 2.91. The second-order valence-corrected chi connectivity index (χ2v) is 4.59. The Balaban J connectivity index is 2.11. The molecule has 0 saturated carbocycles. The third kappa shape index (κ3) is 3.57. The second-order valence-electron chi connectivity index (χ2n) is 4.16. The van der Waals surface area contributed by atoms with Gasteiger partial charge in [-0.1, -0.05) is 23.7 Å². The molecule has 104 valence electrons. The number of benzene rings is 1. The Morgan fingerprint density at radius 2 is 1.75 bits per heavy atom. The van der Waals surface area contributed by atoms with Gasteiger partial charge >= 0.3 is 6.18 Å². The summed E-state index contributed by atoms with van der Waals surface area (Å²) in [5.41, 5.74) is -0.144. The van der Waals surface area contributed by atoms with Gasteiger partial charge in [0.25, 0.3) is 0 Å². The summed E-state index contributed by atoms with van der Waals surface area (Å²) >= 11 is 5.72. The van der Waals surface area contributed by atoms with Crippen molar-refractivity contribution < 1.29 is 18.0 Å². The average Bonchev–Trinajstić information content (AvgIpc) is 2.40. The summed E-state index contributed by atoms with van der Waals surface area (Å²) in [7, 11) is 0. The van der Waals surface area contributed by atoms with Crippen LogP contribution < -0.4 is 0 Å². The number of aromatic nitrogens is 1. The smallest absolute Gasteiger partial charge is 0.292 e. The second kappa shape index (κ2) is 5.63. The van der Waals surface area contributed by atoms with Gasteiger partial charge in [0.2, 0.25) is 0 Å². The Kier molecular flexibility index (Phi) is 4.09. The van der Waals surface area contributed by atoms with Crippen LogP contribution in [0.25, 0.3) is 0 Å². The molecule has 0 unspecified atom stereocenters. The predicted molar refractivity (Wildman–Crippen MR) is 68.7 cm³/mol. The van der Waals surface area contributed by atoms with Crippen LogP contribution in [-0.2, 0) is 12.6 Å². The predicted octanol–water partition coefficient (Wildman–Crippen LogP) is 4.18. The fourth-order valence-corrected chi connectivity index (χ4v) is 1.73. The number of hydrogen-bond acceptors (Lipinski definition) is 2. The molecular formula is C14H9ClF3NO. The maximum atomic E-state index is 12.4. The average molecular weight is 300 g/mol. The quantitative estimate of drug-likeness (QED) is 0.796. The molecule has 1 heterocycles. The maximum absolute atomic E-state index is 12.4. The van der Waals surface area contributed by atoms with Gasteiger partial charge in [0.05, 0.1) is 5.56 Å². The van der Waals surface area contributed by atoms with Crippen molar-refractivity contribution in [3.63, 3.8) is 0 Å². The van der Waals surface area contributed by atoms with E-state index in [1.165, 1.54) is 0 Å². The van der Waals surface area contributed by atoms with E-state index in [0.29, 0.717) is 11.2 Å². The SMILES string of the molecule is O=C(Cc1ccc(Cl)cc1)c1ccc(C(F)(F)F)cn1. The summed E-state index contributed by atoms with van der Waals surface area (Å²) < 4.78 is 37.1. The third-order valence-electron chi connectivity index (χ3n) is 2.65. The summed E-state index contributed by atoms with van der Waals surface area (Å²) in [6.07, 6.45) is -3.73. The highest BCUT2D eigenvalue weighted by molar-refractivity contribution is 6.30. The Bertz CT molecular complexity index is 606. The molecule has 0 atom stereocenters. The van der Waals surface area contributed by atoms with E-state index in [0.717, 1.165) is 17.7 Å². The number of halogens is 4. The highest BCUT2D eigenvalue weighted by Gasteiger charge is 2.30. The van der Waals surface area contributed by atoms with Gasteiger partial charge in [-0.25, -0.2) is 0 Å². The molecule has 0 aliphatic carbocycles. The van der Waals surface area contributed by atoms with Crippen LogP contribution in [0.2, 0.25) is 5.02 Å². The number of Topliss-reactive ketones (excluding diaryl/α,β-unsaturated/α-hetero) is 1. The highest BCUT2D eigenvalue weighted by Crippen LogP contribution is 2.28. The van der Waals surface area contributed by atoms with Crippen molar-refractivity contribution in [3.05, 3.63) is 64.4 Å². The summed E-state index contributed by atoms with van der Waals surface area (Å²) in [5.74, 6) is -0.346. The van der Waals surface area contributed by atoms with E-state index < -0.39 is 11.7 Å². The first-order valence-corrected chi connectivity index (χ1v) is 6.05. The molecule has 1 aromatic carbocycles. The van der Waals surface area contributed by atoms with E-state index in [1.54, 1.807) is 24.3 Å². The number of nitrogens with zero attached hydrogens (tertiary/aromatic N) is 1. The molecule has 0 N–H and O–H groups in total. The molecule has 0 spiro atoms. The normalized spacial score (nSPS) is 11.4. The number of alkyl halides is 3. The van der Waals surface area contributed by atoms with Crippen molar-refractivity contribution in [2.45, 2.75) is 12.6 Å². The molecule has 2 rings (SSSR count). The lowest BCUT2D eigenvalue weighted by Gasteiger charge is -2.06. The van der Waals surface area contributed by atoms with Gasteiger partial charge in [-0.3, -0.25) is 9.78 Å². The van der Waals surface area contributed by atoms with E-state index in [-0.39, 0.29) is 17.9 Å². The summed E-state index contributed by atoms with van der Waals surface area (Å²) in [5, 5.41) is 0.550. The van der Waals surface area contributed by atoms with Crippen molar-refractivity contribution in [3.8, 4) is 0 Å². The van der Waals surface area contributed by atoms with Crippen LogP contribution in [-0.4, -0.2) is 10.8 Å². The van der Waals surface area contributed by atoms with E-state index in [2.05, 4.69) is 4.98 Å². The van der Waals surface area contributed by atoms with E-state index in [1.807, 2.05) is 0 Å². The van der Waals surface area contributed by atoms with Crippen molar-refractivity contribution in [1.29, 1.82) is 0 Å². The minimum atomic E-state index is -4.45. The maximum Gasteiger partial charge on any atom is 0.417 e. The van der Waals surface area contributed by atoms with Crippen molar-refractivity contribution in [1.82, 2.24) is 4.98 Å². The monoisotopic (exact) mass is 299 g/mol. The molecule has 0 aliphatic rings. The molecular weight excluding hydrogens is 291 g/mol. The molecule has 20 heavy (non-hydrogen) atoms. The number of hydrogen-bond donors (Lipinski definition) is 0. The van der Waals surface area contributed by atoms with E-state index >= 15 is 0 Å². The van der Waals surface area contributed by atoms with Crippen LogP contribution in [0.4, 0.5) is 13.2 Å². The van der Waals surface area contributed by atoms with Gasteiger partial charge in [-0.05, 0) is 29.8 Å². The first kappa shape index (κ1) is 14.5. The lowest BCUT2D eigenvalue weighted by atomic mass is 10.1. The molecule has 0 radical (unpaired) electrons. The van der Waals surface area contributed by atoms with Gasteiger partial charge in [0, 0.05) is 17.6 Å². The number of rotatable bonds is 3. The minimum absolute atomic E-state index is 0.00736. The van der Waals surface area contributed by atoms with Crippen molar-refractivity contribution in [2.24, 2.45) is 0 Å². The fourth-order valence-electron chi connectivity index (χ4n) is 1.60. The molecule has 1 aromatic heterocycles. The lowest BCUT2D eigenvalue weighted by Crippen LogP contribution is -2.09. The zero-order valence-corrected chi connectivity index (χ0v) is 10.9. The van der Waals surface area contributed by atoms with Crippen LogP contribution >= 0.6 is 11.6 Å². The molecule has 0 saturated heterocycles.